The SMILES string of the molecule is COCCCn1c(S[C@@H](C)C(=O)Nc2ccc(F)c(F)c2F)nnc1-c1ccccc1Cl. The van der Waals surface area contributed by atoms with Gasteiger partial charge in [-0.25, -0.2) is 13.2 Å². The first-order valence-electron chi connectivity index (χ1n) is 9.61. The summed E-state index contributed by atoms with van der Waals surface area (Å²) in [6.07, 6.45) is 0.667. The van der Waals surface area contributed by atoms with E-state index >= 15 is 0 Å². The van der Waals surface area contributed by atoms with Crippen LogP contribution in [0.3, 0.4) is 0 Å². The van der Waals surface area contributed by atoms with E-state index < -0.39 is 34.3 Å². The van der Waals surface area contributed by atoms with E-state index in [1.54, 1.807) is 26.2 Å². The lowest BCUT2D eigenvalue weighted by atomic mass is 10.2. The lowest BCUT2D eigenvalue weighted by Gasteiger charge is -2.14. The number of halogens is 4. The summed E-state index contributed by atoms with van der Waals surface area (Å²) in [7, 11) is 1.60. The number of nitrogens with one attached hydrogen (secondary N) is 1. The molecule has 3 aromatic rings. The van der Waals surface area contributed by atoms with Crippen LogP contribution in [0.25, 0.3) is 11.4 Å². The minimum atomic E-state index is -1.65. The summed E-state index contributed by atoms with van der Waals surface area (Å²) >= 11 is 7.41. The minimum absolute atomic E-state index is 0.445. The molecule has 3 rings (SSSR count). The van der Waals surface area contributed by atoms with Crippen molar-refractivity contribution in [3.8, 4) is 11.4 Å². The molecule has 11 heteroatoms. The molecule has 6 nitrogen and oxygen atoms in total. The highest BCUT2D eigenvalue weighted by Gasteiger charge is 2.23. The van der Waals surface area contributed by atoms with E-state index in [-0.39, 0.29) is 0 Å². The Bertz CT molecular complexity index is 1110. The molecule has 0 saturated carbocycles. The molecule has 0 fully saturated rings. The largest absolute Gasteiger partial charge is 0.385 e. The third-order valence-electron chi connectivity index (χ3n) is 4.51. The number of thioether (sulfide) groups is 1. The molecule has 170 valence electrons. The molecule has 32 heavy (non-hydrogen) atoms. The fourth-order valence-corrected chi connectivity index (χ4v) is 3.95. The van der Waals surface area contributed by atoms with Gasteiger partial charge >= 0.3 is 0 Å². The zero-order valence-corrected chi connectivity index (χ0v) is 18.8. The summed E-state index contributed by atoms with van der Waals surface area (Å²) in [6.45, 7) is 2.60. The quantitative estimate of drug-likeness (QED) is 0.258. The van der Waals surface area contributed by atoms with Crippen molar-refractivity contribution in [3.63, 3.8) is 0 Å². The maximum absolute atomic E-state index is 13.9. The topological polar surface area (TPSA) is 69.0 Å². The zero-order chi connectivity index (χ0) is 23.3. The van der Waals surface area contributed by atoms with Crippen molar-refractivity contribution in [2.75, 3.05) is 19.0 Å². The minimum Gasteiger partial charge on any atom is -0.385 e. The molecule has 1 amide bonds. The van der Waals surface area contributed by atoms with Gasteiger partial charge in [-0.2, -0.15) is 0 Å². The predicted octanol–water partition coefficient (Wildman–Crippen LogP) is 5.17. The summed E-state index contributed by atoms with van der Waals surface area (Å²) in [5.74, 6) is -4.51. The number of nitrogens with zero attached hydrogens (tertiary/aromatic N) is 3. The van der Waals surface area contributed by atoms with E-state index in [2.05, 4.69) is 15.5 Å². The molecule has 0 spiro atoms. The molecule has 0 aliphatic carbocycles. The average Bonchev–Trinajstić information content (AvgIpc) is 3.16. The van der Waals surface area contributed by atoms with Crippen LogP contribution in [0.4, 0.5) is 18.9 Å². The van der Waals surface area contributed by atoms with Gasteiger partial charge in [0.1, 0.15) is 0 Å². The van der Waals surface area contributed by atoms with Crippen LogP contribution in [0.1, 0.15) is 13.3 Å². The van der Waals surface area contributed by atoms with Crippen molar-refractivity contribution >= 4 is 35.0 Å². The fraction of sp³-hybridized carbons (Fsp3) is 0.286. The van der Waals surface area contributed by atoms with Crippen LogP contribution >= 0.6 is 23.4 Å². The molecule has 0 unspecified atom stereocenters. The predicted molar refractivity (Wildman–Crippen MR) is 117 cm³/mol. The van der Waals surface area contributed by atoms with E-state index in [0.29, 0.717) is 41.1 Å². The number of hydrogen-bond acceptors (Lipinski definition) is 5. The van der Waals surface area contributed by atoms with Crippen LogP contribution in [-0.2, 0) is 16.1 Å². The fourth-order valence-electron chi connectivity index (χ4n) is 2.85. The molecule has 0 saturated heterocycles. The molecule has 1 aromatic heterocycles. The molecule has 0 bridgehead atoms. The van der Waals surface area contributed by atoms with E-state index in [1.165, 1.54) is 0 Å². The second-order valence-electron chi connectivity index (χ2n) is 6.76. The van der Waals surface area contributed by atoms with Crippen LogP contribution in [0.15, 0.2) is 41.6 Å². The standard InChI is InChI=1S/C21H20ClF3N4O2S/c1-12(20(30)26-16-9-8-15(23)17(24)18(16)25)32-21-28-27-19(29(21)10-5-11-31-2)13-6-3-4-7-14(13)22/h3-4,6-9,12H,5,10-11H2,1-2H3,(H,26,30)/t12-/m0/s1. The van der Waals surface area contributed by atoms with Crippen molar-refractivity contribution in [2.24, 2.45) is 0 Å². The highest BCUT2D eigenvalue weighted by Crippen LogP contribution is 2.31. The van der Waals surface area contributed by atoms with Crippen LogP contribution in [-0.4, -0.2) is 39.6 Å². The Morgan fingerprint density at radius 1 is 1.19 bits per heavy atom. The molecule has 0 aliphatic heterocycles. The van der Waals surface area contributed by atoms with Crippen molar-refractivity contribution < 1.29 is 22.7 Å². The molecular weight excluding hydrogens is 465 g/mol. The highest BCUT2D eigenvalue weighted by molar-refractivity contribution is 8.00. The molecule has 1 N–H and O–H groups in total. The van der Waals surface area contributed by atoms with Crippen LogP contribution in [0, 0.1) is 17.5 Å². The van der Waals surface area contributed by atoms with Crippen LogP contribution in [0.5, 0.6) is 0 Å². The molecule has 0 aliphatic rings. The van der Waals surface area contributed by atoms with Gasteiger partial charge in [-0.05, 0) is 37.6 Å². The Morgan fingerprint density at radius 2 is 1.94 bits per heavy atom. The molecule has 1 heterocycles. The number of rotatable bonds is 9. The first-order chi connectivity index (χ1) is 15.3. The molecule has 1 atom stereocenters. The van der Waals surface area contributed by atoms with E-state index in [0.717, 1.165) is 23.9 Å². The molecule has 0 radical (unpaired) electrons. The maximum Gasteiger partial charge on any atom is 0.237 e. The van der Waals surface area contributed by atoms with Gasteiger partial charge in [-0.3, -0.25) is 4.79 Å². The van der Waals surface area contributed by atoms with Crippen molar-refractivity contribution in [3.05, 3.63) is 58.9 Å². The lowest BCUT2D eigenvalue weighted by Crippen LogP contribution is -2.24. The lowest BCUT2D eigenvalue weighted by molar-refractivity contribution is -0.115. The van der Waals surface area contributed by atoms with Gasteiger partial charge in [-0.15, -0.1) is 10.2 Å². The monoisotopic (exact) mass is 484 g/mol. The average molecular weight is 485 g/mol. The van der Waals surface area contributed by atoms with Gasteiger partial charge in [-0.1, -0.05) is 35.5 Å². The summed E-state index contributed by atoms with van der Waals surface area (Å²) in [6, 6.07) is 8.89. The van der Waals surface area contributed by atoms with Crippen molar-refractivity contribution in [2.45, 2.75) is 30.3 Å². The first kappa shape index (κ1) is 24.1. The Kier molecular flexibility index (Phi) is 8.16. The van der Waals surface area contributed by atoms with Gasteiger partial charge in [0.2, 0.25) is 5.91 Å². The summed E-state index contributed by atoms with van der Waals surface area (Å²) < 4.78 is 47.4. The number of amides is 1. The summed E-state index contributed by atoms with van der Waals surface area (Å²) in [5.41, 5.74) is 0.242. The van der Waals surface area contributed by atoms with Gasteiger partial charge in [0.15, 0.2) is 28.4 Å². The van der Waals surface area contributed by atoms with Crippen LogP contribution in [0.2, 0.25) is 5.02 Å². The smallest absolute Gasteiger partial charge is 0.237 e. The number of benzene rings is 2. The number of carbonyl (C=O) groups excluding carboxylic acids is 1. The number of aromatic nitrogens is 3. The van der Waals surface area contributed by atoms with Gasteiger partial charge in [0.05, 0.1) is 16.0 Å². The van der Waals surface area contributed by atoms with Gasteiger partial charge in [0.25, 0.3) is 0 Å². The number of anilines is 1. The van der Waals surface area contributed by atoms with E-state index in [4.69, 9.17) is 16.3 Å². The van der Waals surface area contributed by atoms with E-state index in [1.807, 2.05) is 16.7 Å². The van der Waals surface area contributed by atoms with Crippen LogP contribution < -0.4 is 5.32 Å². The summed E-state index contributed by atoms with van der Waals surface area (Å²) in [4.78, 5) is 12.6. The van der Waals surface area contributed by atoms with Crippen molar-refractivity contribution in [1.82, 2.24) is 14.8 Å². The summed E-state index contributed by atoms with van der Waals surface area (Å²) in [5, 5.41) is 10.9. The Hall–Kier alpha value is -2.56. The van der Waals surface area contributed by atoms with Crippen molar-refractivity contribution in [1.29, 1.82) is 0 Å². The maximum atomic E-state index is 13.9. The zero-order valence-electron chi connectivity index (χ0n) is 17.2. The Morgan fingerprint density at radius 3 is 2.66 bits per heavy atom. The normalized spacial score (nSPS) is 12.1. The third-order valence-corrected chi connectivity index (χ3v) is 5.92. The number of carbonyl (C=O) groups is 1. The van der Waals surface area contributed by atoms with E-state index in [9.17, 15) is 18.0 Å². The number of hydrogen-bond donors (Lipinski definition) is 1. The Labute approximate surface area is 192 Å². The van der Waals surface area contributed by atoms with Gasteiger partial charge in [0, 0.05) is 25.8 Å². The second kappa shape index (κ2) is 10.8. The number of methoxy groups -OCH3 is 1. The third kappa shape index (κ3) is 5.43. The Balaban J connectivity index is 1.82. The second-order valence-corrected chi connectivity index (χ2v) is 8.47. The molecular formula is C21H20ClF3N4O2S. The highest BCUT2D eigenvalue weighted by atomic mass is 35.5. The van der Waals surface area contributed by atoms with Gasteiger partial charge < -0.3 is 14.6 Å². The number of ether oxygens (including phenoxy) is 1. The first-order valence-corrected chi connectivity index (χ1v) is 10.9. The molecule has 2 aromatic carbocycles.